The van der Waals surface area contributed by atoms with Crippen molar-refractivity contribution >= 4 is 0 Å². The maximum Gasteiger partial charge on any atom is 0.387 e. The van der Waals surface area contributed by atoms with Crippen LogP contribution in [-0.2, 0) is 9.47 Å². The van der Waals surface area contributed by atoms with Crippen molar-refractivity contribution in [3.63, 3.8) is 0 Å². The Hall–Kier alpha value is -1.20. The molecule has 0 aromatic heterocycles. The standard InChI is InChI=1S/C13H16F2O3/c1-2-9-7-16-12(17-8-9)10-5-3-4-6-11(10)18-13(14)15/h3-6,9,12-13H,2,7-8H2,1H3. The van der Waals surface area contributed by atoms with Crippen molar-refractivity contribution in [1.82, 2.24) is 0 Å². The lowest BCUT2D eigenvalue weighted by Gasteiger charge is -2.29. The zero-order valence-corrected chi connectivity index (χ0v) is 10.1. The molecule has 0 unspecified atom stereocenters. The van der Waals surface area contributed by atoms with Crippen LogP contribution in [0.1, 0.15) is 25.2 Å². The summed E-state index contributed by atoms with van der Waals surface area (Å²) < 4.78 is 40.1. The van der Waals surface area contributed by atoms with Gasteiger partial charge in [0.25, 0.3) is 0 Å². The second-order valence-corrected chi connectivity index (χ2v) is 4.19. The number of para-hydroxylation sites is 1. The van der Waals surface area contributed by atoms with E-state index in [1.165, 1.54) is 6.07 Å². The quantitative estimate of drug-likeness (QED) is 0.828. The zero-order chi connectivity index (χ0) is 13.0. The molecule has 100 valence electrons. The molecule has 1 fully saturated rings. The molecule has 1 saturated heterocycles. The van der Waals surface area contributed by atoms with Crippen LogP contribution in [0.25, 0.3) is 0 Å². The van der Waals surface area contributed by atoms with Crippen molar-refractivity contribution in [2.45, 2.75) is 26.2 Å². The lowest BCUT2D eigenvalue weighted by molar-refractivity contribution is -0.206. The van der Waals surface area contributed by atoms with Gasteiger partial charge in [-0.05, 0) is 12.5 Å². The molecule has 0 spiro atoms. The van der Waals surface area contributed by atoms with Crippen molar-refractivity contribution in [2.75, 3.05) is 13.2 Å². The van der Waals surface area contributed by atoms with Crippen LogP contribution in [0, 0.1) is 5.92 Å². The van der Waals surface area contributed by atoms with Gasteiger partial charge in [0.15, 0.2) is 6.29 Å². The summed E-state index contributed by atoms with van der Waals surface area (Å²) in [5, 5.41) is 0. The minimum absolute atomic E-state index is 0.104. The first-order chi connectivity index (χ1) is 8.70. The molecule has 0 saturated carbocycles. The van der Waals surface area contributed by atoms with E-state index < -0.39 is 12.9 Å². The van der Waals surface area contributed by atoms with Crippen LogP contribution >= 0.6 is 0 Å². The van der Waals surface area contributed by atoms with Crippen molar-refractivity contribution in [1.29, 1.82) is 0 Å². The topological polar surface area (TPSA) is 27.7 Å². The Morgan fingerprint density at radius 1 is 1.28 bits per heavy atom. The van der Waals surface area contributed by atoms with Gasteiger partial charge in [0.1, 0.15) is 5.75 Å². The lowest BCUT2D eigenvalue weighted by Crippen LogP contribution is -2.27. The largest absolute Gasteiger partial charge is 0.434 e. The summed E-state index contributed by atoms with van der Waals surface area (Å²) in [5.74, 6) is 0.469. The van der Waals surface area contributed by atoms with Crippen LogP contribution in [0.4, 0.5) is 8.78 Å². The highest BCUT2D eigenvalue weighted by Crippen LogP contribution is 2.32. The van der Waals surface area contributed by atoms with Crippen LogP contribution in [0.3, 0.4) is 0 Å². The Balaban J connectivity index is 2.08. The highest BCUT2D eigenvalue weighted by molar-refractivity contribution is 5.34. The highest BCUT2D eigenvalue weighted by atomic mass is 19.3. The van der Waals surface area contributed by atoms with Crippen molar-refractivity contribution < 1.29 is 23.0 Å². The summed E-state index contributed by atoms with van der Waals surface area (Å²) in [4.78, 5) is 0. The number of hydrogen-bond donors (Lipinski definition) is 0. The fourth-order valence-corrected chi connectivity index (χ4v) is 1.84. The Bertz CT molecular complexity index is 376. The summed E-state index contributed by atoms with van der Waals surface area (Å²) in [7, 11) is 0. The van der Waals surface area contributed by atoms with Gasteiger partial charge in [-0.2, -0.15) is 8.78 Å². The molecule has 1 heterocycles. The Morgan fingerprint density at radius 2 is 1.94 bits per heavy atom. The number of hydrogen-bond acceptors (Lipinski definition) is 3. The molecule has 1 aromatic carbocycles. The average Bonchev–Trinajstić information content (AvgIpc) is 2.39. The molecule has 5 heteroatoms. The van der Waals surface area contributed by atoms with Gasteiger partial charge in [0.05, 0.1) is 13.2 Å². The second-order valence-electron chi connectivity index (χ2n) is 4.19. The van der Waals surface area contributed by atoms with E-state index in [1.54, 1.807) is 18.2 Å². The van der Waals surface area contributed by atoms with E-state index in [0.29, 0.717) is 24.7 Å². The van der Waals surface area contributed by atoms with Crippen molar-refractivity contribution in [3.8, 4) is 5.75 Å². The summed E-state index contributed by atoms with van der Waals surface area (Å²) in [6, 6.07) is 6.54. The summed E-state index contributed by atoms with van der Waals surface area (Å²) >= 11 is 0. The molecular weight excluding hydrogens is 242 g/mol. The third kappa shape index (κ3) is 3.17. The first-order valence-corrected chi connectivity index (χ1v) is 5.97. The van der Waals surface area contributed by atoms with Crippen molar-refractivity contribution in [2.24, 2.45) is 5.92 Å². The SMILES string of the molecule is CCC1COC(c2ccccc2OC(F)F)OC1. The van der Waals surface area contributed by atoms with E-state index >= 15 is 0 Å². The Kier molecular flexibility index (Phi) is 4.49. The number of benzene rings is 1. The lowest BCUT2D eigenvalue weighted by atomic mass is 10.1. The molecule has 1 aromatic rings. The third-order valence-electron chi connectivity index (χ3n) is 2.93. The van der Waals surface area contributed by atoms with Gasteiger partial charge in [-0.3, -0.25) is 0 Å². The molecule has 0 bridgehead atoms. The molecule has 0 N–H and O–H groups in total. The minimum Gasteiger partial charge on any atom is -0.434 e. The number of alkyl halides is 2. The minimum atomic E-state index is -2.85. The van der Waals surface area contributed by atoms with E-state index in [-0.39, 0.29) is 5.75 Å². The molecule has 0 radical (unpaired) electrons. The molecule has 0 aliphatic carbocycles. The van der Waals surface area contributed by atoms with E-state index in [9.17, 15) is 8.78 Å². The zero-order valence-electron chi connectivity index (χ0n) is 10.1. The van der Waals surface area contributed by atoms with Gasteiger partial charge >= 0.3 is 6.61 Å². The van der Waals surface area contributed by atoms with E-state index in [0.717, 1.165) is 6.42 Å². The fourth-order valence-electron chi connectivity index (χ4n) is 1.84. The number of halogens is 2. The molecule has 3 nitrogen and oxygen atoms in total. The average molecular weight is 258 g/mol. The normalized spacial score (nSPS) is 24.2. The Labute approximate surface area is 105 Å². The third-order valence-corrected chi connectivity index (χ3v) is 2.93. The van der Waals surface area contributed by atoms with Gasteiger partial charge in [-0.15, -0.1) is 0 Å². The van der Waals surface area contributed by atoms with Crippen LogP contribution in [0.5, 0.6) is 5.75 Å². The maximum absolute atomic E-state index is 12.3. The number of ether oxygens (including phenoxy) is 3. The van der Waals surface area contributed by atoms with Crippen LogP contribution < -0.4 is 4.74 Å². The summed E-state index contributed by atoms with van der Waals surface area (Å²) in [5.41, 5.74) is 0.507. The van der Waals surface area contributed by atoms with Crippen molar-refractivity contribution in [3.05, 3.63) is 29.8 Å². The van der Waals surface area contributed by atoms with Gasteiger partial charge < -0.3 is 14.2 Å². The molecule has 0 atom stereocenters. The van der Waals surface area contributed by atoms with Gasteiger partial charge in [0.2, 0.25) is 0 Å². The van der Waals surface area contributed by atoms with E-state index in [1.807, 2.05) is 0 Å². The first kappa shape index (κ1) is 13.2. The number of rotatable bonds is 4. The van der Waals surface area contributed by atoms with E-state index in [4.69, 9.17) is 9.47 Å². The molecule has 0 amide bonds. The second kappa shape index (κ2) is 6.11. The summed E-state index contributed by atoms with van der Waals surface area (Å²) in [6.45, 7) is 0.359. The fraction of sp³-hybridized carbons (Fsp3) is 0.538. The Morgan fingerprint density at radius 3 is 2.56 bits per heavy atom. The maximum atomic E-state index is 12.3. The molecule has 1 aliphatic heterocycles. The smallest absolute Gasteiger partial charge is 0.387 e. The predicted molar refractivity (Wildman–Crippen MR) is 61.5 cm³/mol. The van der Waals surface area contributed by atoms with Gasteiger partial charge in [-0.25, -0.2) is 0 Å². The molecule has 18 heavy (non-hydrogen) atoms. The van der Waals surface area contributed by atoms with E-state index in [2.05, 4.69) is 11.7 Å². The van der Waals surface area contributed by atoms with Crippen LogP contribution in [0.15, 0.2) is 24.3 Å². The monoisotopic (exact) mass is 258 g/mol. The highest BCUT2D eigenvalue weighted by Gasteiger charge is 2.25. The van der Waals surface area contributed by atoms with Gasteiger partial charge in [-0.1, -0.05) is 25.1 Å². The molecular formula is C13H16F2O3. The summed E-state index contributed by atoms with van der Waals surface area (Å²) in [6.07, 6.45) is 0.352. The predicted octanol–water partition coefficient (Wildman–Crippen LogP) is 3.36. The van der Waals surface area contributed by atoms with Crippen LogP contribution in [0.2, 0.25) is 0 Å². The first-order valence-electron chi connectivity index (χ1n) is 5.97. The molecule has 2 rings (SSSR count). The van der Waals surface area contributed by atoms with Crippen LogP contribution in [-0.4, -0.2) is 19.8 Å². The molecule has 1 aliphatic rings. The van der Waals surface area contributed by atoms with Gasteiger partial charge in [0, 0.05) is 11.5 Å².